The summed E-state index contributed by atoms with van der Waals surface area (Å²) in [7, 11) is 0. The molecule has 1 N–H and O–H groups in total. The van der Waals surface area contributed by atoms with E-state index >= 15 is 0 Å². The summed E-state index contributed by atoms with van der Waals surface area (Å²) >= 11 is 0. The predicted octanol–water partition coefficient (Wildman–Crippen LogP) is 0.673. The Morgan fingerprint density at radius 1 is 1.41 bits per heavy atom. The zero-order valence-corrected chi connectivity index (χ0v) is 9.71. The van der Waals surface area contributed by atoms with E-state index in [2.05, 4.69) is 9.97 Å². The summed E-state index contributed by atoms with van der Waals surface area (Å²) in [5, 5.41) is 9.13. The highest BCUT2D eigenvalue weighted by Gasteiger charge is 2.43. The molecule has 92 valence electrons. The highest BCUT2D eigenvalue weighted by atomic mass is 16.5. The number of esters is 1. The Morgan fingerprint density at radius 3 is 2.47 bits per heavy atom. The van der Waals surface area contributed by atoms with Crippen molar-refractivity contribution in [3.05, 3.63) is 24.3 Å². The fraction of sp³-hybridized carbons (Fsp3) is 0.455. The van der Waals surface area contributed by atoms with Crippen molar-refractivity contribution in [1.82, 2.24) is 9.97 Å². The van der Waals surface area contributed by atoms with Gasteiger partial charge in [-0.15, -0.1) is 0 Å². The monoisotopic (exact) mass is 238 g/mol. The zero-order chi connectivity index (χ0) is 12.9. The van der Waals surface area contributed by atoms with Gasteiger partial charge in [0.2, 0.25) is 0 Å². The van der Waals surface area contributed by atoms with Gasteiger partial charge in [-0.1, -0.05) is 0 Å². The largest absolute Gasteiger partial charge is 0.480 e. The van der Waals surface area contributed by atoms with Crippen molar-refractivity contribution in [2.45, 2.75) is 20.3 Å². The van der Waals surface area contributed by atoms with Crippen molar-refractivity contribution in [3.63, 3.8) is 0 Å². The molecule has 1 unspecified atom stereocenters. The Bertz CT molecular complexity index is 407. The number of nitrogens with zero attached hydrogens (tertiary/aromatic N) is 2. The summed E-state index contributed by atoms with van der Waals surface area (Å²) in [6.45, 7) is 3.07. The van der Waals surface area contributed by atoms with Crippen LogP contribution >= 0.6 is 0 Å². The van der Waals surface area contributed by atoms with Crippen molar-refractivity contribution < 1.29 is 19.4 Å². The van der Waals surface area contributed by atoms with Gasteiger partial charge in [0.25, 0.3) is 0 Å². The maximum absolute atomic E-state index is 11.7. The molecule has 0 aliphatic rings. The van der Waals surface area contributed by atoms with Gasteiger partial charge in [-0.2, -0.15) is 0 Å². The minimum Gasteiger partial charge on any atom is -0.480 e. The number of ether oxygens (including phenoxy) is 1. The van der Waals surface area contributed by atoms with Crippen molar-refractivity contribution in [1.29, 1.82) is 0 Å². The van der Waals surface area contributed by atoms with Gasteiger partial charge < -0.3 is 9.84 Å². The Morgan fingerprint density at radius 2 is 2.00 bits per heavy atom. The first-order valence-electron chi connectivity index (χ1n) is 5.17. The van der Waals surface area contributed by atoms with E-state index < -0.39 is 17.4 Å². The third-order valence-corrected chi connectivity index (χ3v) is 2.33. The number of aromatic nitrogens is 2. The second kappa shape index (κ2) is 5.38. The Labute approximate surface area is 98.7 Å². The zero-order valence-electron chi connectivity index (χ0n) is 9.71. The highest BCUT2D eigenvalue weighted by molar-refractivity contribution is 5.98. The number of hydrogen-bond acceptors (Lipinski definition) is 5. The van der Waals surface area contributed by atoms with Gasteiger partial charge in [0, 0.05) is 18.8 Å². The van der Waals surface area contributed by atoms with Crippen LogP contribution in [0.3, 0.4) is 0 Å². The summed E-state index contributed by atoms with van der Waals surface area (Å²) in [5.41, 5.74) is -1.66. The third kappa shape index (κ3) is 2.99. The second-order valence-corrected chi connectivity index (χ2v) is 3.70. The second-order valence-electron chi connectivity index (χ2n) is 3.70. The number of aliphatic carboxylic acids is 1. The molecule has 0 aliphatic heterocycles. The summed E-state index contributed by atoms with van der Waals surface area (Å²) in [6.07, 6.45) is 2.90. The van der Waals surface area contributed by atoms with E-state index in [9.17, 15) is 9.59 Å². The van der Waals surface area contributed by atoms with E-state index in [0.717, 1.165) is 0 Å². The number of carbonyl (C=O) groups is 2. The first kappa shape index (κ1) is 13.1. The minimum atomic E-state index is -1.66. The lowest BCUT2D eigenvalue weighted by molar-refractivity contribution is -0.167. The number of hydrogen-bond donors (Lipinski definition) is 1. The van der Waals surface area contributed by atoms with E-state index in [1.807, 2.05) is 0 Å². The van der Waals surface area contributed by atoms with Crippen LogP contribution in [-0.4, -0.2) is 33.6 Å². The van der Waals surface area contributed by atoms with Crippen LogP contribution in [0, 0.1) is 5.41 Å². The Kier molecular flexibility index (Phi) is 4.14. The van der Waals surface area contributed by atoms with E-state index in [1.165, 1.54) is 19.3 Å². The molecule has 0 bridgehead atoms. The Hall–Kier alpha value is -1.98. The molecule has 17 heavy (non-hydrogen) atoms. The van der Waals surface area contributed by atoms with Crippen LogP contribution in [0.5, 0.6) is 0 Å². The van der Waals surface area contributed by atoms with Crippen LogP contribution in [-0.2, 0) is 20.7 Å². The van der Waals surface area contributed by atoms with Crippen molar-refractivity contribution in [2.75, 3.05) is 6.61 Å². The maximum atomic E-state index is 11.7. The van der Waals surface area contributed by atoms with Crippen LogP contribution in [0.15, 0.2) is 18.5 Å². The average Bonchev–Trinajstić information content (AvgIpc) is 2.30. The van der Waals surface area contributed by atoms with Gasteiger partial charge in [0.15, 0.2) is 5.41 Å². The lowest BCUT2D eigenvalue weighted by Gasteiger charge is -2.21. The molecule has 0 spiro atoms. The summed E-state index contributed by atoms with van der Waals surface area (Å²) in [5.74, 6) is -1.73. The fourth-order valence-corrected chi connectivity index (χ4v) is 1.26. The summed E-state index contributed by atoms with van der Waals surface area (Å²) in [6, 6.07) is 1.62. The summed E-state index contributed by atoms with van der Waals surface area (Å²) in [4.78, 5) is 30.7. The van der Waals surface area contributed by atoms with Crippen LogP contribution < -0.4 is 0 Å². The molecule has 1 aromatic heterocycles. The number of carbonyl (C=O) groups excluding carboxylic acids is 1. The lowest BCUT2D eigenvalue weighted by Crippen LogP contribution is -2.40. The molecule has 6 nitrogen and oxygen atoms in total. The topological polar surface area (TPSA) is 89.4 Å². The SMILES string of the molecule is CCOC(=O)C(C)(Cc1ncccn1)C(=O)O. The number of rotatable bonds is 5. The molecular formula is C11H14N2O4. The maximum Gasteiger partial charge on any atom is 0.323 e. The van der Waals surface area contributed by atoms with Gasteiger partial charge in [-0.05, 0) is 19.9 Å². The predicted molar refractivity (Wildman–Crippen MR) is 58.1 cm³/mol. The fourth-order valence-electron chi connectivity index (χ4n) is 1.26. The molecule has 0 fully saturated rings. The van der Waals surface area contributed by atoms with E-state index in [1.54, 1.807) is 13.0 Å². The third-order valence-electron chi connectivity index (χ3n) is 2.33. The van der Waals surface area contributed by atoms with Crippen molar-refractivity contribution in [3.8, 4) is 0 Å². The number of carboxylic acids is 1. The van der Waals surface area contributed by atoms with E-state index in [4.69, 9.17) is 9.84 Å². The van der Waals surface area contributed by atoms with Crippen molar-refractivity contribution in [2.24, 2.45) is 5.41 Å². The van der Waals surface area contributed by atoms with E-state index in [-0.39, 0.29) is 13.0 Å². The molecule has 1 heterocycles. The smallest absolute Gasteiger partial charge is 0.323 e. The molecule has 0 aromatic carbocycles. The highest BCUT2D eigenvalue weighted by Crippen LogP contribution is 2.23. The standard InChI is InChI=1S/C11H14N2O4/c1-3-17-10(16)11(2,9(14)15)7-8-12-5-4-6-13-8/h4-6H,3,7H2,1-2H3,(H,14,15). The van der Waals surface area contributed by atoms with Gasteiger partial charge in [0.05, 0.1) is 6.61 Å². The average molecular weight is 238 g/mol. The first-order chi connectivity index (χ1) is 8.00. The van der Waals surface area contributed by atoms with Crippen LogP contribution in [0.25, 0.3) is 0 Å². The van der Waals surface area contributed by atoms with E-state index in [0.29, 0.717) is 5.82 Å². The van der Waals surface area contributed by atoms with Gasteiger partial charge in [0.1, 0.15) is 5.82 Å². The molecule has 0 amide bonds. The lowest BCUT2D eigenvalue weighted by atomic mass is 9.86. The quantitative estimate of drug-likeness (QED) is 0.599. The first-order valence-corrected chi connectivity index (χ1v) is 5.17. The van der Waals surface area contributed by atoms with Crippen molar-refractivity contribution >= 4 is 11.9 Å². The molecule has 1 aromatic rings. The van der Waals surface area contributed by atoms with Crippen LogP contribution in [0.4, 0.5) is 0 Å². The molecule has 0 radical (unpaired) electrons. The molecule has 6 heteroatoms. The number of carboxylic acid groups (broad SMARTS) is 1. The summed E-state index contributed by atoms with van der Waals surface area (Å²) < 4.78 is 4.77. The van der Waals surface area contributed by atoms with Gasteiger partial charge >= 0.3 is 11.9 Å². The van der Waals surface area contributed by atoms with Crippen LogP contribution in [0.2, 0.25) is 0 Å². The van der Waals surface area contributed by atoms with Crippen LogP contribution in [0.1, 0.15) is 19.7 Å². The molecule has 1 atom stereocenters. The molecule has 0 aliphatic carbocycles. The van der Waals surface area contributed by atoms with Gasteiger partial charge in [-0.3, -0.25) is 9.59 Å². The molecule has 0 saturated carbocycles. The molecule has 1 rings (SSSR count). The molecule has 0 saturated heterocycles. The molecular weight excluding hydrogens is 224 g/mol. The van der Waals surface area contributed by atoms with Gasteiger partial charge in [-0.25, -0.2) is 9.97 Å². The Balaban J connectivity index is 2.93. The normalized spacial score (nSPS) is 13.8. The minimum absolute atomic E-state index is 0.0952.